The zero-order chi connectivity index (χ0) is 17.0. The normalized spacial score (nSPS) is 15.9. The first-order chi connectivity index (χ1) is 10.9. The van der Waals surface area contributed by atoms with E-state index in [1.807, 2.05) is 0 Å². The summed E-state index contributed by atoms with van der Waals surface area (Å²) in [5.41, 5.74) is 0.0779. The van der Waals surface area contributed by atoms with Crippen LogP contribution in [0.4, 0.5) is 8.78 Å². The predicted octanol–water partition coefficient (Wildman–Crippen LogP) is 2.07. The predicted molar refractivity (Wildman–Crippen MR) is 78.1 cm³/mol. The van der Waals surface area contributed by atoms with Crippen LogP contribution in [0.2, 0.25) is 0 Å². The lowest BCUT2D eigenvalue weighted by Crippen LogP contribution is -2.35. The van der Waals surface area contributed by atoms with E-state index in [0.29, 0.717) is 6.42 Å². The van der Waals surface area contributed by atoms with Crippen molar-refractivity contribution in [3.63, 3.8) is 0 Å². The molecule has 0 radical (unpaired) electrons. The molecule has 1 aromatic rings. The van der Waals surface area contributed by atoms with E-state index in [1.54, 1.807) is 6.92 Å². The van der Waals surface area contributed by atoms with E-state index in [1.165, 1.54) is 0 Å². The van der Waals surface area contributed by atoms with Crippen molar-refractivity contribution in [2.45, 2.75) is 38.6 Å². The third-order valence-electron chi connectivity index (χ3n) is 3.79. The van der Waals surface area contributed by atoms with Crippen molar-refractivity contribution in [2.24, 2.45) is 0 Å². The first kappa shape index (κ1) is 17.1. The fourth-order valence-electron chi connectivity index (χ4n) is 2.53. The molecule has 3 amide bonds. The first-order valence-corrected chi connectivity index (χ1v) is 7.50. The third-order valence-corrected chi connectivity index (χ3v) is 3.79. The average molecular weight is 324 g/mol. The highest BCUT2D eigenvalue weighted by atomic mass is 19.1. The van der Waals surface area contributed by atoms with Gasteiger partial charge in [-0.25, -0.2) is 8.78 Å². The molecular formula is C16H18F2N2O3. The maximum absolute atomic E-state index is 13.8. The molecule has 0 aromatic heterocycles. The van der Waals surface area contributed by atoms with Crippen LogP contribution in [0.5, 0.6) is 0 Å². The number of nitrogens with zero attached hydrogens (tertiary/aromatic N) is 1. The van der Waals surface area contributed by atoms with Gasteiger partial charge in [-0.3, -0.25) is 19.3 Å². The van der Waals surface area contributed by atoms with E-state index < -0.39 is 23.6 Å². The van der Waals surface area contributed by atoms with Crippen molar-refractivity contribution in [2.75, 3.05) is 6.54 Å². The molecule has 1 aromatic carbocycles. The zero-order valence-electron chi connectivity index (χ0n) is 12.8. The summed E-state index contributed by atoms with van der Waals surface area (Å²) >= 11 is 0. The van der Waals surface area contributed by atoms with Gasteiger partial charge in [-0.1, -0.05) is 6.92 Å². The van der Waals surface area contributed by atoms with E-state index in [9.17, 15) is 23.2 Å². The number of imide groups is 1. The van der Waals surface area contributed by atoms with Crippen molar-refractivity contribution >= 4 is 17.7 Å². The van der Waals surface area contributed by atoms with Crippen molar-refractivity contribution in [1.29, 1.82) is 0 Å². The summed E-state index contributed by atoms with van der Waals surface area (Å²) in [7, 11) is 0. The van der Waals surface area contributed by atoms with Crippen LogP contribution in [-0.2, 0) is 14.4 Å². The quantitative estimate of drug-likeness (QED) is 0.815. The summed E-state index contributed by atoms with van der Waals surface area (Å²) in [5.74, 6) is -2.17. The number of carbonyl (C=O) groups excluding carboxylic acids is 3. The maximum Gasteiger partial charge on any atom is 0.229 e. The fourth-order valence-corrected chi connectivity index (χ4v) is 2.53. The van der Waals surface area contributed by atoms with Crippen LogP contribution in [0.3, 0.4) is 0 Å². The molecule has 23 heavy (non-hydrogen) atoms. The second-order valence-corrected chi connectivity index (χ2v) is 5.38. The molecule has 1 heterocycles. The highest BCUT2D eigenvalue weighted by molar-refractivity contribution is 6.02. The number of hydrogen-bond acceptors (Lipinski definition) is 3. The zero-order valence-corrected chi connectivity index (χ0v) is 12.8. The molecule has 1 atom stereocenters. The Morgan fingerprint density at radius 1 is 1.26 bits per heavy atom. The lowest BCUT2D eigenvalue weighted by atomic mass is 10.0. The van der Waals surface area contributed by atoms with Gasteiger partial charge in [0.15, 0.2) is 0 Å². The second kappa shape index (κ2) is 7.30. The van der Waals surface area contributed by atoms with Crippen LogP contribution in [0.25, 0.3) is 0 Å². The smallest absolute Gasteiger partial charge is 0.229 e. The van der Waals surface area contributed by atoms with Crippen LogP contribution >= 0.6 is 0 Å². The Labute approximate surface area is 132 Å². The summed E-state index contributed by atoms with van der Waals surface area (Å²) < 4.78 is 27.0. The van der Waals surface area contributed by atoms with E-state index in [0.717, 1.165) is 23.1 Å². The van der Waals surface area contributed by atoms with Gasteiger partial charge in [-0.2, -0.15) is 0 Å². The van der Waals surface area contributed by atoms with Gasteiger partial charge in [0, 0.05) is 31.4 Å². The minimum atomic E-state index is -0.664. The molecular weight excluding hydrogens is 306 g/mol. The van der Waals surface area contributed by atoms with Crippen LogP contribution in [0.1, 0.15) is 44.2 Å². The number of likely N-dealkylation sites (tertiary alicyclic amines) is 1. The van der Waals surface area contributed by atoms with Crippen LogP contribution in [0.15, 0.2) is 18.2 Å². The van der Waals surface area contributed by atoms with Crippen LogP contribution < -0.4 is 5.32 Å². The Morgan fingerprint density at radius 2 is 1.91 bits per heavy atom. The Hall–Kier alpha value is -2.31. The molecule has 0 spiro atoms. The van der Waals surface area contributed by atoms with E-state index in [4.69, 9.17) is 0 Å². The van der Waals surface area contributed by atoms with Gasteiger partial charge in [-0.05, 0) is 24.6 Å². The summed E-state index contributed by atoms with van der Waals surface area (Å²) in [5, 5.41) is 2.61. The van der Waals surface area contributed by atoms with Gasteiger partial charge >= 0.3 is 0 Å². The Balaban J connectivity index is 1.96. The Kier molecular flexibility index (Phi) is 5.41. The SMILES string of the molecule is CCC(NC(=O)CCN1C(=O)CCC1=O)c1cc(F)ccc1F. The largest absolute Gasteiger partial charge is 0.349 e. The molecule has 1 N–H and O–H groups in total. The van der Waals surface area contributed by atoms with Gasteiger partial charge in [0.2, 0.25) is 17.7 Å². The summed E-state index contributed by atoms with van der Waals surface area (Å²) in [6.45, 7) is 1.74. The first-order valence-electron chi connectivity index (χ1n) is 7.50. The fraction of sp³-hybridized carbons (Fsp3) is 0.438. The number of rotatable bonds is 6. The Bertz CT molecular complexity index is 618. The molecule has 1 saturated heterocycles. The van der Waals surface area contributed by atoms with Crippen molar-refractivity contribution < 1.29 is 23.2 Å². The van der Waals surface area contributed by atoms with Gasteiger partial charge in [0.1, 0.15) is 11.6 Å². The van der Waals surface area contributed by atoms with Gasteiger partial charge in [-0.15, -0.1) is 0 Å². The molecule has 124 valence electrons. The summed E-state index contributed by atoms with van der Waals surface area (Å²) in [6, 6.07) is 2.42. The Morgan fingerprint density at radius 3 is 2.52 bits per heavy atom. The third kappa shape index (κ3) is 4.12. The van der Waals surface area contributed by atoms with Crippen LogP contribution in [-0.4, -0.2) is 29.2 Å². The number of carbonyl (C=O) groups is 3. The maximum atomic E-state index is 13.8. The molecule has 5 nitrogen and oxygen atoms in total. The molecule has 2 rings (SSSR count). The van der Waals surface area contributed by atoms with E-state index in [2.05, 4.69) is 5.32 Å². The molecule has 1 aliphatic rings. The van der Waals surface area contributed by atoms with Crippen molar-refractivity contribution in [3.8, 4) is 0 Å². The number of halogens is 2. The molecule has 1 unspecified atom stereocenters. The van der Waals surface area contributed by atoms with Gasteiger partial charge in [0.25, 0.3) is 0 Å². The highest BCUT2D eigenvalue weighted by Crippen LogP contribution is 2.21. The average Bonchev–Trinajstić information content (AvgIpc) is 2.84. The minimum Gasteiger partial charge on any atom is -0.349 e. The number of benzene rings is 1. The van der Waals surface area contributed by atoms with E-state index in [-0.39, 0.29) is 43.2 Å². The standard InChI is InChI=1S/C16H18F2N2O3/c1-2-13(11-9-10(17)3-4-12(11)18)19-14(21)7-8-20-15(22)5-6-16(20)23/h3-4,9,13H,2,5-8H2,1H3,(H,19,21). The van der Waals surface area contributed by atoms with E-state index >= 15 is 0 Å². The monoisotopic (exact) mass is 324 g/mol. The molecule has 0 aliphatic carbocycles. The van der Waals surface area contributed by atoms with Gasteiger partial charge in [0.05, 0.1) is 6.04 Å². The summed E-state index contributed by atoms with van der Waals surface area (Å²) in [4.78, 5) is 36.0. The number of hydrogen-bond donors (Lipinski definition) is 1. The molecule has 0 bridgehead atoms. The molecule has 7 heteroatoms. The lowest BCUT2D eigenvalue weighted by molar-refractivity contribution is -0.138. The lowest BCUT2D eigenvalue weighted by Gasteiger charge is -2.19. The minimum absolute atomic E-state index is 0.00552. The molecule has 0 saturated carbocycles. The number of amides is 3. The molecule has 1 fully saturated rings. The molecule has 1 aliphatic heterocycles. The highest BCUT2D eigenvalue weighted by Gasteiger charge is 2.29. The van der Waals surface area contributed by atoms with Crippen molar-refractivity contribution in [3.05, 3.63) is 35.4 Å². The number of nitrogens with one attached hydrogen (secondary N) is 1. The van der Waals surface area contributed by atoms with Crippen molar-refractivity contribution in [1.82, 2.24) is 10.2 Å². The second-order valence-electron chi connectivity index (χ2n) is 5.38. The topological polar surface area (TPSA) is 66.5 Å². The van der Waals surface area contributed by atoms with Crippen LogP contribution in [0, 0.1) is 11.6 Å². The van der Waals surface area contributed by atoms with Gasteiger partial charge < -0.3 is 5.32 Å². The summed E-state index contributed by atoms with van der Waals surface area (Å²) in [6.07, 6.45) is 0.664.